The normalized spacial score (nSPS) is 24.0. The Balaban J connectivity index is 1.79. The van der Waals surface area contributed by atoms with Gasteiger partial charge in [0.1, 0.15) is 0 Å². The van der Waals surface area contributed by atoms with Crippen molar-refractivity contribution in [2.45, 2.75) is 43.9 Å². The predicted molar refractivity (Wildman–Crippen MR) is 89.8 cm³/mol. The average molecular weight is 336 g/mol. The van der Waals surface area contributed by atoms with Gasteiger partial charge in [-0.3, -0.25) is 4.79 Å². The Bertz CT molecular complexity index is 670. The van der Waals surface area contributed by atoms with Crippen LogP contribution in [0.4, 0.5) is 5.69 Å². The van der Waals surface area contributed by atoms with Crippen LogP contribution in [-0.4, -0.2) is 38.3 Å². The lowest BCUT2D eigenvalue weighted by Gasteiger charge is -2.30. The van der Waals surface area contributed by atoms with Crippen LogP contribution in [0.15, 0.2) is 29.2 Å². The van der Waals surface area contributed by atoms with Gasteiger partial charge in [-0.05, 0) is 55.9 Å². The van der Waals surface area contributed by atoms with E-state index in [9.17, 15) is 13.2 Å². The summed E-state index contributed by atoms with van der Waals surface area (Å²) in [7, 11) is -3.43. The van der Waals surface area contributed by atoms with E-state index in [1.54, 1.807) is 33.5 Å². The molecule has 0 saturated carbocycles. The third kappa shape index (κ3) is 3.43. The van der Waals surface area contributed by atoms with Crippen molar-refractivity contribution in [3.63, 3.8) is 0 Å². The van der Waals surface area contributed by atoms with Gasteiger partial charge in [0.2, 0.25) is 15.9 Å². The van der Waals surface area contributed by atoms with E-state index in [2.05, 4.69) is 6.92 Å². The topological polar surface area (TPSA) is 57.7 Å². The van der Waals surface area contributed by atoms with E-state index in [4.69, 9.17) is 0 Å². The molecule has 2 aliphatic rings. The summed E-state index contributed by atoms with van der Waals surface area (Å²) in [6, 6.07) is 6.77. The van der Waals surface area contributed by atoms with Gasteiger partial charge in [0.15, 0.2) is 0 Å². The maximum absolute atomic E-state index is 12.7. The van der Waals surface area contributed by atoms with E-state index >= 15 is 0 Å². The molecule has 1 atom stereocenters. The zero-order valence-corrected chi connectivity index (χ0v) is 14.4. The first kappa shape index (κ1) is 16.5. The maximum Gasteiger partial charge on any atom is 0.243 e. The van der Waals surface area contributed by atoms with Gasteiger partial charge in [0.25, 0.3) is 0 Å². The molecule has 23 heavy (non-hydrogen) atoms. The molecule has 2 heterocycles. The summed E-state index contributed by atoms with van der Waals surface area (Å²) >= 11 is 0. The van der Waals surface area contributed by atoms with Crippen LogP contribution in [0.3, 0.4) is 0 Å². The highest BCUT2D eigenvalue weighted by Gasteiger charge is 2.29. The summed E-state index contributed by atoms with van der Waals surface area (Å²) in [4.78, 5) is 14.0. The number of hydrogen-bond donors (Lipinski definition) is 0. The molecule has 0 unspecified atom stereocenters. The van der Waals surface area contributed by atoms with Crippen LogP contribution in [-0.2, 0) is 14.8 Å². The fraction of sp³-hybridized carbons (Fsp3) is 0.588. The van der Waals surface area contributed by atoms with Crippen molar-refractivity contribution in [3.05, 3.63) is 24.3 Å². The molecule has 0 radical (unpaired) electrons. The number of hydrogen-bond acceptors (Lipinski definition) is 3. The Morgan fingerprint density at radius 3 is 2.43 bits per heavy atom. The predicted octanol–water partition coefficient (Wildman–Crippen LogP) is 2.62. The molecule has 0 spiro atoms. The minimum atomic E-state index is -3.43. The first-order valence-electron chi connectivity index (χ1n) is 8.39. The van der Waals surface area contributed by atoms with E-state index in [0.29, 0.717) is 36.9 Å². The molecule has 0 bridgehead atoms. The minimum absolute atomic E-state index is 0.122. The highest BCUT2D eigenvalue weighted by molar-refractivity contribution is 7.89. The third-order valence-electron chi connectivity index (χ3n) is 4.73. The van der Waals surface area contributed by atoms with E-state index in [1.165, 1.54) is 0 Å². The summed E-state index contributed by atoms with van der Waals surface area (Å²) in [5, 5.41) is 0. The van der Waals surface area contributed by atoms with Crippen molar-refractivity contribution in [1.29, 1.82) is 0 Å². The first-order chi connectivity index (χ1) is 11.0. The standard InChI is InChI=1S/C17H24N2O3S/c1-14-5-4-11-18(13-14)23(21,22)16-9-7-15(8-10-16)19-12-3-2-6-17(19)20/h7-10,14H,2-6,11-13H2,1H3/t14-/m0/s1. The van der Waals surface area contributed by atoms with Crippen molar-refractivity contribution in [2.75, 3.05) is 24.5 Å². The average Bonchev–Trinajstić information content (AvgIpc) is 2.55. The fourth-order valence-corrected chi connectivity index (χ4v) is 4.99. The number of carbonyl (C=O) groups excluding carboxylic acids is 1. The first-order valence-corrected chi connectivity index (χ1v) is 9.83. The van der Waals surface area contributed by atoms with Crippen molar-refractivity contribution in [1.82, 2.24) is 4.31 Å². The lowest BCUT2D eigenvalue weighted by atomic mass is 10.0. The number of benzene rings is 1. The second kappa shape index (κ2) is 6.61. The van der Waals surface area contributed by atoms with Gasteiger partial charge in [-0.1, -0.05) is 6.92 Å². The van der Waals surface area contributed by atoms with Gasteiger partial charge in [0, 0.05) is 31.7 Å². The third-order valence-corrected chi connectivity index (χ3v) is 6.61. The van der Waals surface area contributed by atoms with E-state index < -0.39 is 10.0 Å². The molecule has 5 nitrogen and oxygen atoms in total. The van der Waals surface area contributed by atoms with Crippen molar-refractivity contribution >= 4 is 21.6 Å². The number of amides is 1. The van der Waals surface area contributed by atoms with Crippen LogP contribution in [0.2, 0.25) is 0 Å². The molecule has 6 heteroatoms. The molecule has 3 rings (SSSR count). The zero-order valence-electron chi connectivity index (χ0n) is 13.6. The summed E-state index contributed by atoms with van der Waals surface area (Å²) in [6.07, 6.45) is 4.51. The van der Waals surface area contributed by atoms with Crippen LogP contribution < -0.4 is 4.90 Å². The Morgan fingerprint density at radius 2 is 1.78 bits per heavy atom. The van der Waals surface area contributed by atoms with E-state index in [1.807, 2.05) is 0 Å². The number of piperidine rings is 2. The molecule has 2 saturated heterocycles. The van der Waals surface area contributed by atoms with Gasteiger partial charge < -0.3 is 4.90 Å². The largest absolute Gasteiger partial charge is 0.312 e. The van der Waals surface area contributed by atoms with Crippen LogP contribution >= 0.6 is 0 Å². The molecule has 0 aliphatic carbocycles. The molecule has 1 aromatic rings. The molecule has 1 aromatic carbocycles. The second-order valence-electron chi connectivity index (χ2n) is 6.61. The number of nitrogens with zero attached hydrogens (tertiary/aromatic N) is 2. The molecule has 0 N–H and O–H groups in total. The van der Waals surface area contributed by atoms with Crippen LogP contribution in [0.5, 0.6) is 0 Å². The highest BCUT2D eigenvalue weighted by Crippen LogP contribution is 2.26. The van der Waals surface area contributed by atoms with Crippen molar-refractivity contribution < 1.29 is 13.2 Å². The summed E-state index contributed by atoms with van der Waals surface area (Å²) in [6.45, 7) is 4.00. The molecular formula is C17H24N2O3S. The number of sulfonamides is 1. The minimum Gasteiger partial charge on any atom is -0.312 e. The summed E-state index contributed by atoms with van der Waals surface area (Å²) < 4.78 is 27.0. The second-order valence-corrected chi connectivity index (χ2v) is 8.54. The molecule has 126 valence electrons. The highest BCUT2D eigenvalue weighted by atomic mass is 32.2. The number of anilines is 1. The van der Waals surface area contributed by atoms with Crippen molar-refractivity contribution in [2.24, 2.45) is 5.92 Å². The number of carbonyl (C=O) groups is 1. The lowest BCUT2D eigenvalue weighted by molar-refractivity contribution is -0.119. The van der Waals surface area contributed by atoms with Gasteiger partial charge >= 0.3 is 0 Å². The summed E-state index contributed by atoms with van der Waals surface area (Å²) in [5.41, 5.74) is 0.792. The van der Waals surface area contributed by atoms with Crippen molar-refractivity contribution in [3.8, 4) is 0 Å². The smallest absolute Gasteiger partial charge is 0.243 e. The van der Waals surface area contributed by atoms with Crippen LogP contribution in [0.25, 0.3) is 0 Å². The van der Waals surface area contributed by atoms with Gasteiger partial charge in [0.05, 0.1) is 4.90 Å². The molecule has 0 aromatic heterocycles. The van der Waals surface area contributed by atoms with E-state index in [-0.39, 0.29) is 5.91 Å². The molecule has 2 aliphatic heterocycles. The SMILES string of the molecule is C[C@H]1CCCN(S(=O)(=O)c2ccc(N3CCCCC3=O)cc2)C1. The summed E-state index contributed by atoms with van der Waals surface area (Å²) in [5.74, 6) is 0.528. The van der Waals surface area contributed by atoms with Crippen LogP contribution in [0.1, 0.15) is 39.0 Å². The Morgan fingerprint density at radius 1 is 1.04 bits per heavy atom. The van der Waals surface area contributed by atoms with Crippen LogP contribution in [0, 0.1) is 5.92 Å². The molecular weight excluding hydrogens is 312 g/mol. The lowest BCUT2D eigenvalue weighted by Crippen LogP contribution is -2.39. The van der Waals surface area contributed by atoms with E-state index in [0.717, 1.165) is 31.4 Å². The molecule has 2 fully saturated rings. The Kier molecular flexibility index (Phi) is 4.73. The fourth-order valence-electron chi connectivity index (χ4n) is 3.39. The maximum atomic E-state index is 12.7. The van der Waals surface area contributed by atoms with Gasteiger partial charge in [-0.2, -0.15) is 4.31 Å². The van der Waals surface area contributed by atoms with Gasteiger partial charge in [-0.25, -0.2) is 8.42 Å². The zero-order chi connectivity index (χ0) is 16.4. The Labute approximate surface area is 138 Å². The quantitative estimate of drug-likeness (QED) is 0.852. The number of rotatable bonds is 3. The van der Waals surface area contributed by atoms with Gasteiger partial charge in [-0.15, -0.1) is 0 Å². The molecule has 1 amide bonds. The monoisotopic (exact) mass is 336 g/mol. The Hall–Kier alpha value is -1.40.